The van der Waals surface area contributed by atoms with Gasteiger partial charge in [-0.05, 0) is 67.6 Å². The van der Waals surface area contributed by atoms with Crippen LogP contribution in [0, 0.1) is 6.92 Å². The summed E-state index contributed by atoms with van der Waals surface area (Å²) in [5.41, 5.74) is 0.758. The van der Waals surface area contributed by atoms with Crippen LogP contribution < -0.4 is 5.32 Å². The van der Waals surface area contributed by atoms with Crippen molar-refractivity contribution in [3.63, 3.8) is 0 Å². The van der Waals surface area contributed by atoms with E-state index in [2.05, 4.69) is 25.7 Å². The number of aromatic nitrogens is 5. The van der Waals surface area contributed by atoms with Crippen molar-refractivity contribution in [1.82, 2.24) is 35.4 Å². The monoisotopic (exact) mass is 477 g/mol. The van der Waals surface area contributed by atoms with Gasteiger partial charge in [0.15, 0.2) is 5.76 Å². The summed E-state index contributed by atoms with van der Waals surface area (Å²) in [6, 6.07) is 6.64. The number of aryl methyl sites for hydroxylation is 1. The van der Waals surface area contributed by atoms with Crippen LogP contribution in [0.1, 0.15) is 68.7 Å². The van der Waals surface area contributed by atoms with E-state index in [0.717, 1.165) is 62.7 Å². The van der Waals surface area contributed by atoms with Crippen LogP contribution in [0.5, 0.6) is 0 Å². The Balaban J connectivity index is 1.42. The number of tetrazole rings is 1. The summed E-state index contributed by atoms with van der Waals surface area (Å²) < 4.78 is 5.57. The lowest BCUT2D eigenvalue weighted by Gasteiger charge is -2.36. The van der Waals surface area contributed by atoms with Crippen molar-refractivity contribution >= 4 is 11.8 Å². The smallest absolute Gasteiger partial charge is 0.247 e. The molecular weight excluding hydrogens is 446 g/mol. The fourth-order valence-electron chi connectivity index (χ4n) is 5.24. The molecule has 10 heteroatoms. The molecule has 0 unspecified atom stereocenters. The Morgan fingerprint density at radius 2 is 1.80 bits per heavy atom. The number of nitrogens with zero attached hydrogens (tertiary/aromatic N) is 6. The summed E-state index contributed by atoms with van der Waals surface area (Å²) in [5, 5.41) is 15.7. The third-order valence-electron chi connectivity index (χ3n) is 6.95. The first-order valence-corrected chi connectivity index (χ1v) is 12.4. The number of pyridine rings is 1. The van der Waals surface area contributed by atoms with Crippen molar-refractivity contribution < 1.29 is 14.0 Å². The highest BCUT2D eigenvalue weighted by atomic mass is 16.3. The lowest BCUT2D eigenvalue weighted by Crippen LogP contribution is -2.50. The van der Waals surface area contributed by atoms with E-state index in [0.29, 0.717) is 11.6 Å². The van der Waals surface area contributed by atoms with Gasteiger partial charge in [0.05, 0.1) is 0 Å². The van der Waals surface area contributed by atoms with Gasteiger partial charge < -0.3 is 14.6 Å². The van der Waals surface area contributed by atoms with Crippen molar-refractivity contribution in [2.24, 2.45) is 0 Å². The topological polar surface area (TPSA) is 119 Å². The Labute approximate surface area is 204 Å². The van der Waals surface area contributed by atoms with E-state index in [1.165, 1.54) is 4.80 Å². The molecule has 2 aliphatic rings. The van der Waals surface area contributed by atoms with Crippen LogP contribution in [-0.2, 0) is 16.1 Å². The molecular formula is C25H31N7O3. The van der Waals surface area contributed by atoms with Gasteiger partial charge in [0, 0.05) is 24.5 Å². The molecule has 184 valence electrons. The highest BCUT2D eigenvalue weighted by Crippen LogP contribution is 2.32. The normalized spacial score (nSPS) is 17.5. The SMILES string of the molecule is Cc1ccc(-c2nnn(CC(=O)N(C3CCCC3)[C@@H](C(=O)NC3CCCC3)c3ccncc3)n2)o1. The molecule has 2 aliphatic carbocycles. The maximum atomic E-state index is 13.8. The zero-order chi connectivity index (χ0) is 24.2. The van der Waals surface area contributed by atoms with Crippen molar-refractivity contribution in [1.29, 1.82) is 0 Å². The van der Waals surface area contributed by atoms with E-state index >= 15 is 0 Å². The summed E-state index contributed by atoms with van der Waals surface area (Å²) in [6.45, 7) is 1.73. The standard InChI is InChI=1S/C25H31N7O3/c1-17-10-11-21(35-17)24-28-30-31(29-24)16-22(33)32(20-8-4-5-9-20)23(18-12-14-26-15-13-18)25(34)27-19-6-2-3-7-19/h10-15,19-20,23H,2-9,16H2,1H3,(H,27,34)/t23-/m1/s1. The number of carbonyl (C=O) groups is 2. The van der Waals surface area contributed by atoms with Gasteiger partial charge in [-0.3, -0.25) is 14.6 Å². The summed E-state index contributed by atoms with van der Waals surface area (Å²) in [7, 11) is 0. The summed E-state index contributed by atoms with van der Waals surface area (Å²) in [5.74, 6) is 1.22. The lowest BCUT2D eigenvalue weighted by molar-refractivity contribution is -0.144. The van der Waals surface area contributed by atoms with Crippen LogP contribution in [0.2, 0.25) is 0 Å². The minimum Gasteiger partial charge on any atom is -0.458 e. The Hall–Kier alpha value is -3.56. The first-order valence-electron chi connectivity index (χ1n) is 12.4. The average Bonchev–Trinajstić information content (AvgIpc) is 3.66. The highest BCUT2D eigenvalue weighted by molar-refractivity contribution is 5.89. The van der Waals surface area contributed by atoms with E-state index in [1.54, 1.807) is 23.4 Å². The first kappa shape index (κ1) is 23.2. The molecule has 0 radical (unpaired) electrons. The fourth-order valence-corrected chi connectivity index (χ4v) is 5.24. The zero-order valence-electron chi connectivity index (χ0n) is 20.0. The number of hydrogen-bond acceptors (Lipinski definition) is 7. The molecule has 0 spiro atoms. The molecule has 0 bridgehead atoms. The molecule has 5 rings (SSSR count). The van der Waals surface area contributed by atoms with Gasteiger partial charge in [-0.2, -0.15) is 4.80 Å². The number of rotatable bonds is 8. The van der Waals surface area contributed by atoms with E-state index in [4.69, 9.17) is 4.42 Å². The molecule has 3 heterocycles. The molecule has 3 aromatic rings. The van der Waals surface area contributed by atoms with Gasteiger partial charge in [0.2, 0.25) is 17.6 Å². The molecule has 1 atom stereocenters. The quantitative estimate of drug-likeness (QED) is 0.529. The minimum absolute atomic E-state index is 0.0225. The summed E-state index contributed by atoms with van der Waals surface area (Å²) in [4.78, 5) is 34.6. The molecule has 10 nitrogen and oxygen atoms in total. The van der Waals surface area contributed by atoms with E-state index in [-0.39, 0.29) is 30.4 Å². The zero-order valence-corrected chi connectivity index (χ0v) is 20.0. The number of furan rings is 1. The van der Waals surface area contributed by atoms with Gasteiger partial charge in [0.25, 0.3) is 0 Å². The Bertz CT molecular complexity index is 1150. The second kappa shape index (κ2) is 10.4. The van der Waals surface area contributed by atoms with Gasteiger partial charge in [-0.1, -0.05) is 25.7 Å². The molecule has 35 heavy (non-hydrogen) atoms. The van der Waals surface area contributed by atoms with E-state index in [9.17, 15) is 9.59 Å². The molecule has 1 N–H and O–H groups in total. The largest absolute Gasteiger partial charge is 0.458 e. The van der Waals surface area contributed by atoms with Crippen LogP contribution in [0.15, 0.2) is 41.1 Å². The third-order valence-corrected chi connectivity index (χ3v) is 6.95. The van der Waals surface area contributed by atoms with Crippen LogP contribution >= 0.6 is 0 Å². The Morgan fingerprint density at radius 3 is 2.49 bits per heavy atom. The van der Waals surface area contributed by atoms with Gasteiger partial charge >= 0.3 is 0 Å². The molecule has 2 amide bonds. The van der Waals surface area contributed by atoms with Gasteiger partial charge in [-0.25, -0.2) is 0 Å². The highest BCUT2D eigenvalue weighted by Gasteiger charge is 2.38. The fraction of sp³-hybridized carbons (Fsp3) is 0.520. The second-order valence-electron chi connectivity index (χ2n) is 9.47. The van der Waals surface area contributed by atoms with Crippen molar-refractivity contribution in [2.45, 2.75) is 83.0 Å². The molecule has 2 saturated carbocycles. The summed E-state index contributed by atoms with van der Waals surface area (Å²) >= 11 is 0. The third kappa shape index (κ3) is 5.26. The number of hydrogen-bond donors (Lipinski definition) is 1. The number of carbonyl (C=O) groups excluding carboxylic acids is 2. The average molecular weight is 478 g/mol. The Morgan fingerprint density at radius 1 is 1.09 bits per heavy atom. The molecule has 2 fully saturated rings. The van der Waals surface area contributed by atoms with E-state index < -0.39 is 6.04 Å². The van der Waals surface area contributed by atoms with Gasteiger partial charge in [0.1, 0.15) is 18.3 Å². The van der Waals surface area contributed by atoms with Crippen LogP contribution in [0.3, 0.4) is 0 Å². The summed E-state index contributed by atoms with van der Waals surface area (Å²) in [6.07, 6.45) is 11.3. The lowest BCUT2D eigenvalue weighted by atomic mass is 10.0. The minimum atomic E-state index is -0.732. The van der Waals surface area contributed by atoms with Crippen LogP contribution in [0.4, 0.5) is 0 Å². The van der Waals surface area contributed by atoms with E-state index in [1.807, 2.05) is 25.1 Å². The molecule has 0 aliphatic heterocycles. The predicted molar refractivity (Wildman–Crippen MR) is 127 cm³/mol. The predicted octanol–water partition coefficient (Wildman–Crippen LogP) is 3.21. The van der Waals surface area contributed by atoms with Crippen molar-refractivity contribution in [3.8, 4) is 11.6 Å². The second-order valence-corrected chi connectivity index (χ2v) is 9.47. The van der Waals surface area contributed by atoms with Gasteiger partial charge in [-0.15, -0.1) is 10.2 Å². The molecule has 0 aromatic carbocycles. The molecule has 0 saturated heterocycles. The number of nitrogens with one attached hydrogen (secondary N) is 1. The van der Waals surface area contributed by atoms with Crippen molar-refractivity contribution in [2.75, 3.05) is 0 Å². The van der Waals surface area contributed by atoms with Crippen molar-refractivity contribution in [3.05, 3.63) is 48.0 Å². The first-order chi connectivity index (χ1) is 17.1. The maximum absolute atomic E-state index is 13.8. The van der Waals surface area contributed by atoms with Crippen LogP contribution in [0.25, 0.3) is 11.6 Å². The van der Waals surface area contributed by atoms with Crippen LogP contribution in [-0.4, -0.2) is 54.0 Å². The maximum Gasteiger partial charge on any atom is 0.247 e. The molecule has 3 aromatic heterocycles. The number of amides is 2. The Kier molecular flexibility index (Phi) is 6.87.